The van der Waals surface area contributed by atoms with Gasteiger partial charge in [-0.15, -0.1) is 0 Å². The number of hydrogen-bond acceptors (Lipinski definition) is 5. The third-order valence-corrected chi connectivity index (χ3v) is 4.74. The molecule has 7 heteroatoms. The Morgan fingerprint density at radius 1 is 1.40 bits per heavy atom. The fourth-order valence-electron chi connectivity index (χ4n) is 3.24. The molecule has 2 aliphatic heterocycles. The molecule has 2 amide bonds. The van der Waals surface area contributed by atoms with Crippen molar-refractivity contribution in [3.63, 3.8) is 0 Å². The summed E-state index contributed by atoms with van der Waals surface area (Å²) in [5, 5.41) is 7.68. The molecule has 2 heterocycles. The molecule has 0 saturated carbocycles. The van der Waals surface area contributed by atoms with E-state index < -0.39 is 11.8 Å². The Labute approximate surface area is 146 Å². The van der Waals surface area contributed by atoms with Crippen LogP contribution in [-0.2, 0) is 15.0 Å². The van der Waals surface area contributed by atoms with Gasteiger partial charge in [0.2, 0.25) is 5.91 Å². The lowest BCUT2D eigenvalue weighted by molar-refractivity contribution is -0.122. The Hall–Kier alpha value is -2.96. The molecule has 0 aliphatic carbocycles. The highest BCUT2D eigenvalue weighted by molar-refractivity contribution is 6.44. The normalized spacial score (nSPS) is 23.0. The van der Waals surface area contributed by atoms with Crippen LogP contribution in [0.25, 0.3) is 0 Å². The molecule has 0 fully saturated rings. The van der Waals surface area contributed by atoms with Crippen LogP contribution in [0.1, 0.15) is 26.3 Å². The van der Waals surface area contributed by atoms with E-state index in [1.54, 1.807) is 13.1 Å². The summed E-state index contributed by atoms with van der Waals surface area (Å²) < 4.78 is 0. The molecular weight excluding hydrogens is 318 g/mol. The zero-order chi connectivity index (χ0) is 18.2. The summed E-state index contributed by atoms with van der Waals surface area (Å²) in [5.41, 5.74) is 8.17. The number of amides is 2. The van der Waals surface area contributed by atoms with Crippen LogP contribution in [0, 0.1) is 5.92 Å². The summed E-state index contributed by atoms with van der Waals surface area (Å²) in [6, 6.07) is 8.25. The second-order valence-corrected chi connectivity index (χ2v) is 6.67. The number of carbonyl (C=O) groups is 2. The van der Waals surface area contributed by atoms with Crippen LogP contribution in [0.5, 0.6) is 0 Å². The lowest BCUT2D eigenvalue weighted by Gasteiger charge is -2.23. The van der Waals surface area contributed by atoms with Gasteiger partial charge >= 0.3 is 0 Å². The number of nitrogens with one attached hydrogen (secondary N) is 2. The first-order valence-electron chi connectivity index (χ1n) is 8.09. The van der Waals surface area contributed by atoms with Crippen LogP contribution in [0.2, 0.25) is 0 Å². The van der Waals surface area contributed by atoms with Gasteiger partial charge in [0.1, 0.15) is 5.71 Å². The predicted molar refractivity (Wildman–Crippen MR) is 97.3 cm³/mol. The number of hydrazone groups is 2. The molecule has 1 atom stereocenters. The van der Waals surface area contributed by atoms with Crippen molar-refractivity contribution in [3.05, 3.63) is 41.6 Å². The molecular formula is C18H21N5O2. The molecule has 1 aromatic carbocycles. The Morgan fingerprint density at radius 3 is 2.76 bits per heavy atom. The van der Waals surface area contributed by atoms with Gasteiger partial charge in [0.25, 0.3) is 5.91 Å². The van der Waals surface area contributed by atoms with E-state index in [-0.39, 0.29) is 17.0 Å². The Kier molecular flexibility index (Phi) is 4.16. The summed E-state index contributed by atoms with van der Waals surface area (Å²) in [7, 11) is 2.01. The van der Waals surface area contributed by atoms with Crippen molar-refractivity contribution < 1.29 is 9.59 Å². The van der Waals surface area contributed by atoms with Gasteiger partial charge in [0.05, 0.1) is 5.92 Å². The lowest BCUT2D eigenvalue weighted by Crippen LogP contribution is -2.32. The van der Waals surface area contributed by atoms with E-state index >= 15 is 0 Å². The fraction of sp³-hybridized carbons (Fsp3) is 0.333. The molecule has 0 bridgehead atoms. The first kappa shape index (κ1) is 16.9. The average Bonchev–Trinajstić information content (AvgIpc) is 3.01. The minimum atomic E-state index is -0.567. The zero-order valence-corrected chi connectivity index (χ0v) is 14.7. The van der Waals surface area contributed by atoms with E-state index in [1.165, 1.54) is 5.56 Å². The van der Waals surface area contributed by atoms with Gasteiger partial charge in [-0.1, -0.05) is 32.0 Å². The Balaban J connectivity index is 1.71. The number of carbonyl (C=O) groups excluding carboxylic acids is 2. The molecule has 2 N–H and O–H groups in total. The Morgan fingerprint density at radius 2 is 2.12 bits per heavy atom. The maximum Gasteiger partial charge on any atom is 0.288 e. The number of likely N-dealkylation sites (N-methyl/N-ethyl adjacent to an activating group) is 1. The highest BCUT2D eigenvalue weighted by Gasteiger charge is 2.37. The van der Waals surface area contributed by atoms with Crippen LogP contribution in [0.3, 0.4) is 0 Å². The molecule has 0 saturated heterocycles. The summed E-state index contributed by atoms with van der Waals surface area (Å²) in [5.74, 6) is -1.34. The molecule has 7 nitrogen and oxygen atoms in total. The smallest absolute Gasteiger partial charge is 0.288 e. The molecule has 1 aromatic rings. The van der Waals surface area contributed by atoms with Crippen molar-refractivity contribution >= 4 is 29.4 Å². The average molecular weight is 339 g/mol. The van der Waals surface area contributed by atoms with E-state index in [4.69, 9.17) is 0 Å². The van der Waals surface area contributed by atoms with Gasteiger partial charge in [0, 0.05) is 30.1 Å². The zero-order valence-electron chi connectivity index (χ0n) is 14.7. The maximum absolute atomic E-state index is 12.0. The number of para-hydroxylation sites is 1. The van der Waals surface area contributed by atoms with Crippen molar-refractivity contribution in [3.8, 4) is 0 Å². The van der Waals surface area contributed by atoms with Gasteiger partial charge < -0.3 is 4.90 Å². The van der Waals surface area contributed by atoms with Crippen molar-refractivity contribution in [1.82, 2.24) is 10.9 Å². The lowest BCUT2D eigenvalue weighted by atomic mass is 9.84. The van der Waals surface area contributed by atoms with Crippen molar-refractivity contribution in [1.29, 1.82) is 0 Å². The Bertz CT molecular complexity index is 823. The van der Waals surface area contributed by atoms with E-state index in [9.17, 15) is 9.59 Å². The number of fused-ring (bicyclic) bond motifs is 1. The minimum absolute atomic E-state index is 0.139. The SMILES string of the molecule is CC1C(=O)NN=C1C(=O)NN=CC=C1N(C)c2ccccc2C1(C)C. The largest absolute Gasteiger partial charge is 0.347 e. The maximum atomic E-state index is 12.0. The van der Waals surface area contributed by atoms with Crippen molar-refractivity contribution in [2.45, 2.75) is 26.2 Å². The highest BCUT2D eigenvalue weighted by Crippen LogP contribution is 2.46. The second kappa shape index (κ2) is 6.16. The third kappa shape index (κ3) is 2.82. The summed E-state index contributed by atoms with van der Waals surface area (Å²) in [4.78, 5) is 25.5. The topological polar surface area (TPSA) is 86.2 Å². The number of benzene rings is 1. The van der Waals surface area contributed by atoms with Gasteiger partial charge in [-0.3, -0.25) is 9.59 Å². The molecule has 130 valence electrons. The molecule has 0 radical (unpaired) electrons. The summed E-state index contributed by atoms with van der Waals surface area (Å²) in [6.07, 6.45) is 3.43. The van der Waals surface area contributed by atoms with Crippen molar-refractivity contribution in [2.75, 3.05) is 11.9 Å². The number of nitrogens with zero attached hydrogens (tertiary/aromatic N) is 3. The van der Waals surface area contributed by atoms with Gasteiger partial charge in [-0.25, -0.2) is 10.9 Å². The summed E-state index contributed by atoms with van der Waals surface area (Å²) in [6.45, 7) is 5.93. The third-order valence-electron chi connectivity index (χ3n) is 4.74. The van der Waals surface area contributed by atoms with Crippen LogP contribution in [-0.4, -0.2) is 30.8 Å². The van der Waals surface area contributed by atoms with E-state index in [1.807, 2.05) is 25.3 Å². The molecule has 1 unspecified atom stereocenters. The minimum Gasteiger partial charge on any atom is -0.347 e. The molecule has 3 rings (SSSR count). The van der Waals surface area contributed by atoms with E-state index in [0.29, 0.717) is 0 Å². The molecule has 2 aliphatic rings. The van der Waals surface area contributed by atoms with Crippen LogP contribution >= 0.6 is 0 Å². The number of hydrogen-bond donors (Lipinski definition) is 2. The van der Waals surface area contributed by atoms with Gasteiger partial charge in [-0.05, 0) is 24.6 Å². The first-order chi connectivity index (χ1) is 11.8. The van der Waals surface area contributed by atoms with Gasteiger partial charge in [0.15, 0.2) is 0 Å². The van der Waals surface area contributed by atoms with Gasteiger partial charge in [-0.2, -0.15) is 10.2 Å². The summed E-state index contributed by atoms with van der Waals surface area (Å²) >= 11 is 0. The van der Waals surface area contributed by atoms with Crippen LogP contribution in [0.4, 0.5) is 5.69 Å². The molecule has 25 heavy (non-hydrogen) atoms. The highest BCUT2D eigenvalue weighted by atomic mass is 16.2. The van der Waals surface area contributed by atoms with Crippen molar-refractivity contribution in [2.24, 2.45) is 16.1 Å². The fourth-order valence-corrected chi connectivity index (χ4v) is 3.24. The first-order valence-corrected chi connectivity index (χ1v) is 8.09. The van der Waals surface area contributed by atoms with E-state index in [2.05, 4.69) is 51.9 Å². The monoisotopic (exact) mass is 339 g/mol. The number of rotatable bonds is 3. The number of anilines is 1. The molecule has 0 aromatic heterocycles. The van der Waals surface area contributed by atoms with Crippen LogP contribution < -0.4 is 15.8 Å². The van der Waals surface area contributed by atoms with E-state index in [0.717, 1.165) is 11.4 Å². The quantitative estimate of drug-likeness (QED) is 0.647. The standard InChI is InChI=1S/C18H21N5O2/c1-11-15(20-22-16(11)24)17(25)21-19-10-9-14-18(2,3)12-7-5-6-8-13(12)23(14)4/h5-11H,1-4H3,(H,21,25)(H,22,24). The molecule has 0 spiro atoms. The predicted octanol–water partition coefficient (Wildman–Crippen LogP) is 1.52. The van der Waals surface area contributed by atoms with Crippen LogP contribution in [0.15, 0.2) is 46.2 Å². The second-order valence-electron chi connectivity index (χ2n) is 6.67. The number of allylic oxidation sites excluding steroid dienone is 2.